The lowest BCUT2D eigenvalue weighted by atomic mass is 9.37. The molecule has 1 saturated heterocycles. The quantitative estimate of drug-likeness (QED) is 0.804. The van der Waals surface area contributed by atoms with E-state index in [4.69, 9.17) is 15.2 Å². The minimum absolute atomic E-state index is 0.0339. The number of hydrogen-bond donors (Lipinski definition) is 2. The van der Waals surface area contributed by atoms with Crippen LogP contribution in [0.5, 0.6) is 0 Å². The molecule has 1 spiro atoms. The first-order valence-electron chi connectivity index (χ1n) is 10.4. The molecule has 4 nitrogen and oxygen atoms in total. The highest BCUT2D eigenvalue weighted by Gasteiger charge is 2.77. The van der Waals surface area contributed by atoms with Crippen molar-refractivity contribution in [2.75, 3.05) is 13.7 Å². The van der Waals surface area contributed by atoms with Gasteiger partial charge in [-0.25, -0.2) is 0 Å². The first kappa shape index (κ1) is 17.0. The van der Waals surface area contributed by atoms with Crippen LogP contribution in [-0.2, 0) is 9.47 Å². The highest BCUT2D eigenvalue weighted by Crippen LogP contribution is 2.79. The Morgan fingerprint density at radius 2 is 1.96 bits per heavy atom. The molecule has 0 aromatic heterocycles. The van der Waals surface area contributed by atoms with E-state index in [-0.39, 0.29) is 35.2 Å². The lowest BCUT2D eigenvalue weighted by Gasteiger charge is -2.66. The molecule has 4 saturated carbocycles. The summed E-state index contributed by atoms with van der Waals surface area (Å²) < 4.78 is 12.5. The van der Waals surface area contributed by atoms with Gasteiger partial charge in [-0.15, -0.1) is 0 Å². The van der Waals surface area contributed by atoms with Crippen LogP contribution in [0.3, 0.4) is 0 Å². The fourth-order valence-electron chi connectivity index (χ4n) is 8.97. The second kappa shape index (κ2) is 5.01. The van der Waals surface area contributed by atoms with Gasteiger partial charge in [-0.1, -0.05) is 20.3 Å². The molecule has 0 radical (unpaired) electrons. The molecule has 5 rings (SSSR count). The topological polar surface area (TPSA) is 64.7 Å². The molecular weight excluding hydrogens is 314 g/mol. The van der Waals surface area contributed by atoms with Crippen molar-refractivity contribution in [1.29, 1.82) is 0 Å². The second-order valence-corrected chi connectivity index (χ2v) is 10.7. The van der Waals surface area contributed by atoms with Gasteiger partial charge < -0.3 is 20.3 Å². The predicted octanol–water partition coefficient (Wildman–Crippen LogP) is 3.07. The number of methoxy groups -OCH3 is 1. The van der Waals surface area contributed by atoms with Gasteiger partial charge in [0.25, 0.3) is 0 Å². The molecule has 5 aliphatic rings. The van der Waals surface area contributed by atoms with Gasteiger partial charge in [0.1, 0.15) is 6.23 Å². The Hall–Kier alpha value is -0.160. The van der Waals surface area contributed by atoms with Crippen LogP contribution in [0.25, 0.3) is 0 Å². The molecule has 0 aromatic rings. The third kappa shape index (κ3) is 1.74. The van der Waals surface area contributed by atoms with Crippen LogP contribution < -0.4 is 5.73 Å². The van der Waals surface area contributed by atoms with Crippen LogP contribution in [0.4, 0.5) is 0 Å². The highest BCUT2D eigenvalue weighted by molar-refractivity contribution is 5.25. The van der Waals surface area contributed by atoms with Crippen LogP contribution in [0.15, 0.2) is 0 Å². The number of aliphatic hydroxyl groups excluding tert-OH is 1. The van der Waals surface area contributed by atoms with E-state index in [1.165, 1.54) is 38.5 Å². The molecule has 25 heavy (non-hydrogen) atoms. The molecule has 3 N–H and O–H groups in total. The Balaban J connectivity index is 1.66. The maximum Gasteiger partial charge on any atom is 0.112 e. The molecule has 1 aliphatic heterocycles. The van der Waals surface area contributed by atoms with Gasteiger partial charge in [0, 0.05) is 25.0 Å². The number of fused-ring (bicyclic) bond motifs is 1. The molecule has 5 fully saturated rings. The number of nitrogens with two attached hydrogens (primary N) is 1. The molecule has 0 amide bonds. The Morgan fingerprint density at radius 3 is 2.68 bits per heavy atom. The van der Waals surface area contributed by atoms with Crippen molar-refractivity contribution in [2.24, 2.45) is 39.2 Å². The maximum atomic E-state index is 10.3. The summed E-state index contributed by atoms with van der Waals surface area (Å²) in [5.74, 6) is 1.09. The third-order valence-electron chi connectivity index (χ3n) is 9.85. The first-order valence-corrected chi connectivity index (χ1v) is 10.4. The Bertz CT molecular complexity index is 583. The Morgan fingerprint density at radius 1 is 1.16 bits per heavy atom. The first-order chi connectivity index (χ1) is 11.9. The van der Waals surface area contributed by atoms with Crippen molar-refractivity contribution in [1.82, 2.24) is 0 Å². The number of aliphatic hydroxyl groups is 1. The average molecular weight is 350 g/mol. The van der Waals surface area contributed by atoms with Gasteiger partial charge in [-0.2, -0.15) is 0 Å². The van der Waals surface area contributed by atoms with Gasteiger partial charge in [-0.05, 0) is 67.1 Å². The summed E-state index contributed by atoms with van der Waals surface area (Å²) in [5.41, 5.74) is 7.41. The minimum atomic E-state index is -0.153. The van der Waals surface area contributed by atoms with E-state index in [0.29, 0.717) is 23.4 Å². The molecule has 4 heteroatoms. The SMILES string of the molecule is CO[C@H]1C[C@@H]2C[C@H]3OC(N)[C@@]4(CCC[C@@](C)(CO)[C@H]34)[C@]23CC[C@@]1(C)C3. The molecule has 9 atom stereocenters. The summed E-state index contributed by atoms with van der Waals surface area (Å²) >= 11 is 0. The zero-order chi connectivity index (χ0) is 17.7. The van der Waals surface area contributed by atoms with Crippen molar-refractivity contribution >= 4 is 0 Å². The third-order valence-corrected chi connectivity index (χ3v) is 9.85. The van der Waals surface area contributed by atoms with E-state index in [0.717, 1.165) is 12.8 Å². The van der Waals surface area contributed by atoms with Crippen molar-refractivity contribution in [2.45, 2.75) is 83.6 Å². The average Bonchev–Trinajstić information content (AvgIpc) is 3.03. The molecule has 4 aliphatic carbocycles. The smallest absolute Gasteiger partial charge is 0.112 e. The molecule has 142 valence electrons. The van der Waals surface area contributed by atoms with E-state index in [9.17, 15) is 5.11 Å². The monoisotopic (exact) mass is 349 g/mol. The van der Waals surface area contributed by atoms with Gasteiger partial charge in [0.05, 0.1) is 12.2 Å². The van der Waals surface area contributed by atoms with E-state index in [2.05, 4.69) is 13.8 Å². The lowest BCUT2D eigenvalue weighted by Crippen LogP contribution is -2.66. The summed E-state index contributed by atoms with van der Waals surface area (Å²) in [6.45, 7) is 5.01. The van der Waals surface area contributed by atoms with Gasteiger partial charge in [0.15, 0.2) is 0 Å². The van der Waals surface area contributed by atoms with Crippen molar-refractivity contribution in [3.05, 3.63) is 0 Å². The molecule has 1 heterocycles. The highest BCUT2D eigenvalue weighted by atomic mass is 16.5. The largest absolute Gasteiger partial charge is 0.396 e. The fraction of sp³-hybridized carbons (Fsp3) is 1.00. The summed E-state index contributed by atoms with van der Waals surface area (Å²) in [6.07, 6.45) is 9.99. The molecule has 4 bridgehead atoms. The minimum Gasteiger partial charge on any atom is -0.396 e. The number of ether oxygens (including phenoxy) is 2. The van der Waals surface area contributed by atoms with Crippen molar-refractivity contribution in [3.8, 4) is 0 Å². The second-order valence-electron chi connectivity index (χ2n) is 10.7. The Kier molecular flexibility index (Phi) is 3.40. The van der Waals surface area contributed by atoms with Gasteiger partial charge in [-0.3, -0.25) is 0 Å². The maximum absolute atomic E-state index is 10.3. The fourth-order valence-corrected chi connectivity index (χ4v) is 8.97. The van der Waals surface area contributed by atoms with Gasteiger partial charge >= 0.3 is 0 Å². The van der Waals surface area contributed by atoms with Gasteiger partial charge in [0.2, 0.25) is 0 Å². The van der Waals surface area contributed by atoms with Crippen molar-refractivity contribution in [3.63, 3.8) is 0 Å². The summed E-state index contributed by atoms with van der Waals surface area (Å²) in [7, 11) is 1.89. The summed E-state index contributed by atoms with van der Waals surface area (Å²) in [6, 6.07) is 0. The molecule has 0 aromatic carbocycles. The summed E-state index contributed by atoms with van der Waals surface area (Å²) in [5, 5.41) is 10.3. The zero-order valence-electron chi connectivity index (χ0n) is 16.1. The van der Waals surface area contributed by atoms with Crippen LogP contribution in [0, 0.1) is 33.5 Å². The van der Waals surface area contributed by atoms with Crippen LogP contribution in [0.1, 0.15) is 65.2 Å². The van der Waals surface area contributed by atoms with E-state index in [1.54, 1.807) is 0 Å². The zero-order valence-corrected chi connectivity index (χ0v) is 16.1. The van der Waals surface area contributed by atoms with E-state index in [1.807, 2.05) is 7.11 Å². The molecular formula is C21H35NO3. The van der Waals surface area contributed by atoms with Crippen molar-refractivity contribution < 1.29 is 14.6 Å². The van der Waals surface area contributed by atoms with Crippen LogP contribution in [0.2, 0.25) is 0 Å². The van der Waals surface area contributed by atoms with Crippen LogP contribution >= 0.6 is 0 Å². The number of hydrogen-bond acceptors (Lipinski definition) is 4. The van der Waals surface area contributed by atoms with E-state index >= 15 is 0 Å². The Labute approximate surface area is 151 Å². The summed E-state index contributed by atoms with van der Waals surface area (Å²) in [4.78, 5) is 0. The normalized spacial score (nSPS) is 62.5. The predicted molar refractivity (Wildman–Crippen MR) is 95.7 cm³/mol. The number of rotatable bonds is 2. The van der Waals surface area contributed by atoms with Crippen LogP contribution in [-0.4, -0.2) is 37.3 Å². The lowest BCUT2D eigenvalue weighted by molar-refractivity contribution is -0.198. The van der Waals surface area contributed by atoms with E-state index < -0.39 is 0 Å². The molecule has 1 unspecified atom stereocenters. The standard InChI is InChI=1S/C21H35NO3/c1-18-7-8-20(11-18)13(10-15(18)24-3)9-14-16-19(2,12-23)5-4-6-21(16,20)17(22)25-14/h13-17,23H,4-12,22H2,1-3H3/t13-,14+,15-,16-,17?,18-,19-,20-,21-/m0/s1.